The van der Waals surface area contributed by atoms with Crippen LogP contribution in [0, 0.1) is 0 Å². The first-order chi connectivity index (χ1) is 9.18. The summed E-state index contributed by atoms with van der Waals surface area (Å²) in [5, 5.41) is 12.7. The Kier molecular flexibility index (Phi) is 7.59. The molecule has 1 aliphatic rings. The Bertz CT molecular complexity index is 353. The van der Waals surface area contributed by atoms with E-state index in [1.165, 1.54) is 7.11 Å². The number of aliphatic carboxylic acids is 1. The zero-order valence-electron chi connectivity index (χ0n) is 10.6. The Hall–Kier alpha value is -1.84. The molecular weight excluding hydrogens is 285 g/mol. The third-order valence-electron chi connectivity index (χ3n) is 2.25. The third-order valence-corrected chi connectivity index (χ3v) is 2.25. The number of hydrogen-bond donors (Lipinski definition) is 3. The fourth-order valence-electron chi connectivity index (χ4n) is 1.26. The van der Waals surface area contributed by atoms with Crippen molar-refractivity contribution >= 4 is 17.8 Å². The van der Waals surface area contributed by atoms with E-state index >= 15 is 0 Å². The van der Waals surface area contributed by atoms with Crippen LogP contribution in [-0.4, -0.2) is 55.4 Å². The van der Waals surface area contributed by atoms with E-state index in [0.717, 1.165) is 19.4 Å². The average molecular weight is 300 g/mol. The van der Waals surface area contributed by atoms with Crippen molar-refractivity contribution in [3.8, 4) is 0 Å². The van der Waals surface area contributed by atoms with Gasteiger partial charge in [-0.1, -0.05) is 0 Å². The quantitative estimate of drug-likeness (QED) is 0.616. The third kappa shape index (κ3) is 7.56. The summed E-state index contributed by atoms with van der Waals surface area (Å²) >= 11 is 0. The lowest BCUT2D eigenvalue weighted by Crippen LogP contribution is -2.42. The van der Waals surface area contributed by atoms with Crippen molar-refractivity contribution < 1.29 is 37.4 Å². The van der Waals surface area contributed by atoms with Gasteiger partial charge in [0, 0.05) is 0 Å². The number of carbonyl (C=O) groups is 3. The van der Waals surface area contributed by atoms with Gasteiger partial charge in [0.2, 0.25) is 5.91 Å². The van der Waals surface area contributed by atoms with Crippen LogP contribution in [0.1, 0.15) is 12.8 Å². The van der Waals surface area contributed by atoms with E-state index in [1.807, 2.05) is 0 Å². The molecule has 1 amide bonds. The lowest BCUT2D eigenvalue weighted by Gasteiger charge is -2.09. The van der Waals surface area contributed by atoms with Gasteiger partial charge in [-0.25, -0.2) is 4.79 Å². The normalized spacial score (nSPS) is 17.7. The number of hydrogen-bond acceptors (Lipinski definition) is 5. The maximum Gasteiger partial charge on any atom is 0.490 e. The van der Waals surface area contributed by atoms with E-state index in [2.05, 4.69) is 15.4 Å². The predicted molar refractivity (Wildman–Crippen MR) is 59.7 cm³/mol. The largest absolute Gasteiger partial charge is 0.490 e. The second kappa shape index (κ2) is 8.35. The number of rotatable bonds is 3. The molecule has 1 saturated heterocycles. The van der Waals surface area contributed by atoms with Crippen molar-refractivity contribution in [2.45, 2.75) is 25.1 Å². The number of halogens is 3. The Morgan fingerprint density at radius 2 is 1.95 bits per heavy atom. The molecule has 116 valence electrons. The summed E-state index contributed by atoms with van der Waals surface area (Å²) in [4.78, 5) is 30.9. The van der Waals surface area contributed by atoms with E-state index in [0.29, 0.717) is 0 Å². The minimum Gasteiger partial charge on any atom is -0.475 e. The van der Waals surface area contributed by atoms with Crippen LogP contribution in [0.2, 0.25) is 0 Å². The van der Waals surface area contributed by atoms with Crippen molar-refractivity contribution in [2.24, 2.45) is 0 Å². The first-order valence-corrected chi connectivity index (χ1v) is 5.56. The van der Waals surface area contributed by atoms with Crippen LogP contribution in [0.25, 0.3) is 0 Å². The van der Waals surface area contributed by atoms with Gasteiger partial charge in [-0.05, 0) is 19.4 Å². The molecule has 1 atom stereocenters. The topological polar surface area (TPSA) is 105 Å². The van der Waals surface area contributed by atoms with Gasteiger partial charge in [-0.2, -0.15) is 13.2 Å². The Morgan fingerprint density at radius 1 is 1.40 bits per heavy atom. The molecule has 1 fully saturated rings. The standard InChI is InChI=1S/C8H14N2O3.C2HF3O2/c1-13-7(11)5-10-8(12)6-3-2-4-9-6;3-2(4,5)1(6)7/h6,9H,2-5H2,1H3,(H,10,12);(H,6,7). The average Bonchev–Trinajstić information content (AvgIpc) is 2.88. The van der Waals surface area contributed by atoms with Crippen molar-refractivity contribution in [1.29, 1.82) is 0 Å². The first-order valence-electron chi connectivity index (χ1n) is 5.56. The monoisotopic (exact) mass is 300 g/mol. The Morgan fingerprint density at radius 3 is 2.30 bits per heavy atom. The van der Waals surface area contributed by atoms with Crippen LogP contribution >= 0.6 is 0 Å². The van der Waals surface area contributed by atoms with E-state index < -0.39 is 18.1 Å². The number of carboxylic acid groups (broad SMARTS) is 1. The highest BCUT2D eigenvalue weighted by atomic mass is 19.4. The second-order valence-corrected chi connectivity index (χ2v) is 3.75. The zero-order valence-corrected chi connectivity index (χ0v) is 10.6. The van der Waals surface area contributed by atoms with Crippen LogP contribution in [0.3, 0.4) is 0 Å². The van der Waals surface area contributed by atoms with Crippen molar-refractivity contribution in [2.75, 3.05) is 20.2 Å². The molecule has 0 aromatic carbocycles. The number of nitrogens with one attached hydrogen (secondary N) is 2. The summed E-state index contributed by atoms with van der Waals surface area (Å²) in [6.45, 7) is 0.823. The van der Waals surface area contributed by atoms with Gasteiger partial charge in [0.15, 0.2) is 0 Å². The molecule has 1 heterocycles. The van der Waals surface area contributed by atoms with Gasteiger partial charge in [0.05, 0.1) is 13.2 Å². The molecule has 0 radical (unpaired) electrons. The van der Waals surface area contributed by atoms with E-state index in [9.17, 15) is 22.8 Å². The molecule has 0 aliphatic carbocycles. The number of carbonyl (C=O) groups excluding carboxylic acids is 2. The maximum absolute atomic E-state index is 11.3. The molecule has 1 rings (SSSR count). The molecule has 1 unspecified atom stereocenters. The van der Waals surface area contributed by atoms with Gasteiger partial charge in [-0.15, -0.1) is 0 Å². The lowest BCUT2D eigenvalue weighted by atomic mass is 10.2. The summed E-state index contributed by atoms with van der Waals surface area (Å²) in [6.07, 6.45) is -3.23. The number of methoxy groups -OCH3 is 1. The number of amides is 1. The smallest absolute Gasteiger partial charge is 0.475 e. The molecule has 0 saturated carbocycles. The highest BCUT2D eigenvalue weighted by Gasteiger charge is 2.38. The minimum atomic E-state index is -5.08. The summed E-state index contributed by atoms with van der Waals surface area (Å²) in [5.74, 6) is -3.30. The molecule has 0 aromatic rings. The van der Waals surface area contributed by atoms with Gasteiger partial charge < -0.3 is 20.5 Å². The zero-order chi connectivity index (χ0) is 15.8. The fourth-order valence-corrected chi connectivity index (χ4v) is 1.26. The fraction of sp³-hybridized carbons (Fsp3) is 0.700. The van der Waals surface area contributed by atoms with Gasteiger partial charge in [0.1, 0.15) is 6.54 Å². The van der Waals surface area contributed by atoms with Gasteiger partial charge in [0.25, 0.3) is 0 Å². The first kappa shape index (κ1) is 18.2. The van der Waals surface area contributed by atoms with Crippen LogP contribution in [0.5, 0.6) is 0 Å². The number of ether oxygens (including phenoxy) is 1. The predicted octanol–water partition coefficient (Wildman–Crippen LogP) is -0.339. The summed E-state index contributed by atoms with van der Waals surface area (Å²) < 4.78 is 36.1. The van der Waals surface area contributed by atoms with E-state index in [-0.39, 0.29) is 18.5 Å². The number of esters is 1. The molecule has 7 nitrogen and oxygen atoms in total. The molecule has 1 aliphatic heterocycles. The van der Waals surface area contributed by atoms with Crippen molar-refractivity contribution in [1.82, 2.24) is 10.6 Å². The highest BCUT2D eigenvalue weighted by Crippen LogP contribution is 2.13. The van der Waals surface area contributed by atoms with Gasteiger partial charge >= 0.3 is 18.1 Å². The second-order valence-electron chi connectivity index (χ2n) is 3.75. The van der Waals surface area contributed by atoms with Crippen molar-refractivity contribution in [3.05, 3.63) is 0 Å². The lowest BCUT2D eigenvalue weighted by molar-refractivity contribution is -0.192. The summed E-state index contributed by atoms with van der Waals surface area (Å²) in [6, 6.07) is -0.135. The molecule has 0 spiro atoms. The Labute approximate surface area is 112 Å². The maximum atomic E-state index is 11.3. The Balaban J connectivity index is 0.000000441. The van der Waals surface area contributed by atoms with Gasteiger partial charge in [-0.3, -0.25) is 9.59 Å². The van der Waals surface area contributed by atoms with Crippen LogP contribution < -0.4 is 10.6 Å². The summed E-state index contributed by atoms with van der Waals surface area (Å²) in [5.41, 5.74) is 0. The molecule has 0 aromatic heterocycles. The van der Waals surface area contributed by atoms with E-state index in [4.69, 9.17) is 9.90 Å². The summed E-state index contributed by atoms with van der Waals surface area (Å²) in [7, 11) is 1.29. The molecule has 20 heavy (non-hydrogen) atoms. The molecule has 3 N–H and O–H groups in total. The number of carboxylic acids is 1. The highest BCUT2D eigenvalue weighted by molar-refractivity contribution is 5.85. The van der Waals surface area contributed by atoms with Crippen molar-refractivity contribution in [3.63, 3.8) is 0 Å². The molecule has 0 bridgehead atoms. The number of alkyl halides is 3. The van der Waals surface area contributed by atoms with Crippen LogP contribution in [0.4, 0.5) is 13.2 Å². The SMILES string of the molecule is COC(=O)CNC(=O)C1CCCN1.O=C(O)C(F)(F)F. The minimum absolute atomic E-state index is 0.0481. The molecular formula is C10H15F3N2O5. The van der Waals surface area contributed by atoms with Crippen LogP contribution in [0.15, 0.2) is 0 Å². The molecule has 10 heteroatoms. The van der Waals surface area contributed by atoms with E-state index in [1.54, 1.807) is 0 Å². The van der Waals surface area contributed by atoms with Crippen LogP contribution in [-0.2, 0) is 19.1 Å².